The standard InChI is InChI=1S/C16H22N2O2.ClH/c17-15-11-18(16(19)9-13-7-4-8-20-13)10-14(15)12-5-2-1-3-6-12;/h1-3,5-6,13-15H,4,7-11,17H2;1H/t13?,14-,15+;/m0./s1. The highest BCUT2D eigenvalue weighted by Crippen LogP contribution is 2.27. The van der Waals surface area contributed by atoms with Crippen LogP contribution >= 0.6 is 12.4 Å². The number of nitrogens with zero attached hydrogens (tertiary/aromatic N) is 1. The molecule has 0 aromatic heterocycles. The Morgan fingerprint density at radius 1 is 1.29 bits per heavy atom. The number of nitrogens with two attached hydrogens (primary N) is 1. The summed E-state index contributed by atoms with van der Waals surface area (Å²) < 4.78 is 5.54. The molecular formula is C16H23ClN2O2. The number of carbonyl (C=O) groups excluding carboxylic acids is 1. The van der Waals surface area contributed by atoms with E-state index in [-0.39, 0.29) is 36.4 Å². The molecule has 5 heteroatoms. The van der Waals surface area contributed by atoms with Gasteiger partial charge in [-0.05, 0) is 18.4 Å². The molecule has 2 aliphatic heterocycles. The monoisotopic (exact) mass is 310 g/mol. The molecule has 1 aromatic rings. The molecule has 1 aromatic carbocycles. The van der Waals surface area contributed by atoms with Gasteiger partial charge in [0.1, 0.15) is 0 Å². The van der Waals surface area contributed by atoms with E-state index in [0.717, 1.165) is 26.0 Å². The third-order valence-electron chi connectivity index (χ3n) is 4.37. The van der Waals surface area contributed by atoms with E-state index in [1.54, 1.807) is 0 Å². The summed E-state index contributed by atoms with van der Waals surface area (Å²) >= 11 is 0. The lowest BCUT2D eigenvalue weighted by molar-refractivity contribution is -0.132. The summed E-state index contributed by atoms with van der Waals surface area (Å²) in [4.78, 5) is 14.2. The molecule has 2 saturated heterocycles. The van der Waals surface area contributed by atoms with Crippen molar-refractivity contribution in [2.24, 2.45) is 5.73 Å². The smallest absolute Gasteiger partial charge is 0.225 e. The third-order valence-corrected chi connectivity index (χ3v) is 4.37. The fourth-order valence-corrected chi connectivity index (χ4v) is 3.21. The first kappa shape index (κ1) is 16.3. The summed E-state index contributed by atoms with van der Waals surface area (Å²) in [6.07, 6.45) is 2.71. The van der Waals surface area contributed by atoms with Gasteiger partial charge in [0.25, 0.3) is 0 Å². The molecule has 0 aliphatic carbocycles. The van der Waals surface area contributed by atoms with Gasteiger partial charge in [-0.15, -0.1) is 12.4 Å². The molecule has 2 aliphatic rings. The summed E-state index contributed by atoms with van der Waals surface area (Å²) in [5, 5.41) is 0. The third kappa shape index (κ3) is 3.76. The molecule has 116 valence electrons. The fourth-order valence-electron chi connectivity index (χ4n) is 3.21. The number of carbonyl (C=O) groups is 1. The molecule has 3 rings (SSSR count). The number of likely N-dealkylation sites (tertiary alicyclic amines) is 1. The van der Waals surface area contributed by atoms with Gasteiger partial charge < -0.3 is 15.4 Å². The van der Waals surface area contributed by atoms with Crippen LogP contribution in [0, 0.1) is 0 Å². The highest BCUT2D eigenvalue weighted by Gasteiger charge is 2.34. The van der Waals surface area contributed by atoms with E-state index in [1.165, 1.54) is 5.56 Å². The average molecular weight is 311 g/mol. The Bertz CT molecular complexity index is 463. The van der Waals surface area contributed by atoms with Gasteiger partial charge in [-0.1, -0.05) is 30.3 Å². The van der Waals surface area contributed by atoms with Crippen LogP contribution < -0.4 is 5.73 Å². The van der Waals surface area contributed by atoms with Crippen LogP contribution in [0.25, 0.3) is 0 Å². The second kappa shape index (κ2) is 7.25. The Hall–Kier alpha value is -1.10. The molecule has 0 bridgehead atoms. The van der Waals surface area contributed by atoms with Gasteiger partial charge in [0.05, 0.1) is 12.5 Å². The lowest BCUT2D eigenvalue weighted by atomic mass is 9.95. The van der Waals surface area contributed by atoms with E-state index in [9.17, 15) is 4.79 Å². The van der Waals surface area contributed by atoms with Gasteiger partial charge in [-0.2, -0.15) is 0 Å². The molecule has 2 N–H and O–H groups in total. The molecular weight excluding hydrogens is 288 g/mol. The number of amides is 1. The number of halogens is 1. The average Bonchev–Trinajstić information content (AvgIpc) is 3.09. The van der Waals surface area contributed by atoms with Crippen LogP contribution in [0.5, 0.6) is 0 Å². The zero-order valence-corrected chi connectivity index (χ0v) is 12.9. The molecule has 0 saturated carbocycles. The van der Waals surface area contributed by atoms with Crippen LogP contribution in [-0.2, 0) is 9.53 Å². The zero-order valence-electron chi connectivity index (χ0n) is 12.1. The maximum Gasteiger partial charge on any atom is 0.225 e. The van der Waals surface area contributed by atoms with E-state index < -0.39 is 0 Å². The van der Waals surface area contributed by atoms with Crippen molar-refractivity contribution in [1.29, 1.82) is 0 Å². The van der Waals surface area contributed by atoms with Crippen LogP contribution in [0.15, 0.2) is 30.3 Å². The summed E-state index contributed by atoms with van der Waals surface area (Å²) in [5.74, 6) is 0.440. The number of hydrogen-bond donors (Lipinski definition) is 1. The normalized spacial score (nSPS) is 28.4. The molecule has 1 amide bonds. The predicted octanol–water partition coefficient (Wildman–Crippen LogP) is 1.93. The number of hydrogen-bond acceptors (Lipinski definition) is 3. The lowest BCUT2D eigenvalue weighted by Gasteiger charge is -2.18. The first-order chi connectivity index (χ1) is 9.74. The van der Waals surface area contributed by atoms with Gasteiger partial charge in [-0.25, -0.2) is 0 Å². The molecule has 0 spiro atoms. The Balaban J connectivity index is 0.00000161. The molecule has 0 radical (unpaired) electrons. The van der Waals surface area contributed by atoms with Crippen LogP contribution in [-0.4, -0.2) is 42.6 Å². The number of benzene rings is 1. The SMILES string of the molecule is Cl.N[C@@H]1CN(C(=O)CC2CCCO2)C[C@H]1c1ccccc1. The maximum absolute atomic E-state index is 12.3. The second-order valence-electron chi connectivity index (χ2n) is 5.82. The highest BCUT2D eigenvalue weighted by atomic mass is 35.5. The minimum atomic E-state index is 0. The topological polar surface area (TPSA) is 55.6 Å². The van der Waals surface area contributed by atoms with Crippen LogP contribution in [0.4, 0.5) is 0 Å². The van der Waals surface area contributed by atoms with Gasteiger partial charge >= 0.3 is 0 Å². The first-order valence-corrected chi connectivity index (χ1v) is 7.44. The second-order valence-corrected chi connectivity index (χ2v) is 5.82. The van der Waals surface area contributed by atoms with E-state index in [0.29, 0.717) is 13.0 Å². The van der Waals surface area contributed by atoms with Crippen molar-refractivity contribution >= 4 is 18.3 Å². The molecule has 4 nitrogen and oxygen atoms in total. The maximum atomic E-state index is 12.3. The van der Waals surface area contributed by atoms with E-state index in [4.69, 9.17) is 10.5 Å². The van der Waals surface area contributed by atoms with Crippen molar-refractivity contribution in [2.75, 3.05) is 19.7 Å². The van der Waals surface area contributed by atoms with Crippen LogP contribution in [0.2, 0.25) is 0 Å². The van der Waals surface area contributed by atoms with Crippen molar-refractivity contribution in [1.82, 2.24) is 4.90 Å². The van der Waals surface area contributed by atoms with Gasteiger partial charge in [0.15, 0.2) is 0 Å². The van der Waals surface area contributed by atoms with Crippen molar-refractivity contribution < 1.29 is 9.53 Å². The Kier molecular flexibility index (Phi) is 5.62. The van der Waals surface area contributed by atoms with Gasteiger partial charge in [-0.3, -0.25) is 4.79 Å². The Labute approximate surface area is 132 Å². The van der Waals surface area contributed by atoms with Crippen molar-refractivity contribution in [3.05, 3.63) is 35.9 Å². The predicted molar refractivity (Wildman–Crippen MR) is 84.6 cm³/mol. The summed E-state index contributed by atoms with van der Waals surface area (Å²) in [6, 6.07) is 10.3. The quantitative estimate of drug-likeness (QED) is 0.928. The largest absolute Gasteiger partial charge is 0.378 e. The summed E-state index contributed by atoms with van der Waals surface area (Å²) in [5.41, 5.74) is 7.45. The fraction of sp³-hybridized carbons (Fsp3) is 0.562. The van der Waals surface area contributed by atoms with Gasteiger partial charge in [0, 0.05) is 31.7 Å². The van der Waals surface area contributed by atoms with Crippen LogP contribution in [0.3, 0.4) is 0 Å². The Morgan fingerprint density at radius 2 is 2.05 bits per heavy atom. The van der Waals surface area contributed by atoms with E-state index in [1.807, 2.05) is 23.1 Å². The molecule has 21 heavy (non-hydrogen) atoms. The van der Waals surface area contributed by atoms with Crippen LogP contribution in [0.1, 0.15) is 30.7 Å². The minimum Gasteiger partial charge on any atom is -0.378 e. The number of rotatable bonds is 3. The number of ether oxygens (including phenoxy) is 1. The molecule has 1 unspecified atom stereocenters. The Morgan fingerprint density at radius 3 is 2.71 bits per heavy atom. The zero-order chi connectivity index (χ0) is 13.9. The molecule has 3 atom stereocenters. The highest BCUT2D eigenvalue weighted by molar-refractivity contribution is 5.85. The van der Waals surface area contributed by atoms with Gasteiger partial charge in [0.2, 0.25) is 5.91 Å². The first-order valence-electron chi connectivity index (χ1n) is 7.44. The minimum absolute atomic E-state index is 0. The van der Waals surface area contributed by atoms with E-state index in [2.05, 4.69) is 12.1 Å². The molecule has 2 heterocycles. The summed E-state index contributed by atoms with van der Waals surface area (Å²) in [7, 11) is 0. The van der Waals surface area contributed by atoms with Crippen molar-refractivity contribution in [3.8, 4) is 0 Å². The molecule has 2 fully saturated rings. The lowest BCUT2D eigenvalue weighted by Crippen LogP contribution is -2.33. The summed E-state index contributed by atoms with van der Waals surface area (Å²) in [6.45, 7) is 2.19. The van der Waals surface area contributed by atoms with Crippen molar-refractivity contribution in [3.63, 3.8) is 0 Å². The van der Waals surface area contributed by atoms with E-state index >= 15 is 0 Å². The van der Waals surface area contributed by atoms with Crippen molar-refractivity contribution in [2.45, 2.75) is 37.3 Å².